The zero-order valence-corrected chi connectivity index (χ0v) is 21.6. The number of alkyl halides is 3. The first-order valence-electron chi connectivity index (χ1n) is 12.8. The number of anilines is 2. The highest BCUT2D eigenvalue weighted by Crippen LogP contribution is 2.32. The van der Waals surface area contributed by atoms with Crippen LogP contribution in [0.2, 0.25) is 0 Å². The van der Waals surface area contributed by atoms with Crippen molar-refractivity contribution in [3.8, 4) is 0 Å². The van der Waals surface area contributed by atoms with Gasteiger partial charge in [-0.25, -0.2) is 9.97 Å². The third-order valence-corrected chi connectivity index (χ3v) is 7.13. The molecule has 2 aliphatic heterocycles. The number of aryl methyl sites for hydroxylation is 1. The molecule has 0 saturated carbocycles. The van der Waals surface area contributed by atoms with E-state index in [1.165, 1.54) is 5.56 Å². The van der Waals surface area contributed by atoms with E-state index in [4.69, 9.17) is 0 Å². The van der Waals surface area contributed by atoms with Crippen LogP contribution in [0.1, 0.15) is 64.0 Å². The number of para-hydroxylation sites is 1. The van der Waals surface area contributed by atoms with Gasteiger partial charge in [-0.2, -0.15) is 13.2 Å². The Balaban J connectivity index is 1.33. The number of halogens is 3. The van der Waals surface area contributed by atoms with Crippen molar-refractivity contribution in [3.05, 3.63) is 47.4 Å². The van der Waals surface area contributed by atoms with Gasteiger partial charge in [0.05, 0.1) is 0 Å². The summed E-state index contributed by atoms with van der Waals surface area (Å²) < 4.78 is 40.5. The number of piperazine rings is 1. The van der Waals surface area contributed by atoms with Gasteiger partial charge in [0.15, 0.2) is 0 Å². The Morgan fingerprint density at radius 3 is 2.36 bits per heavy atom. The molecule has 0 bridgehead atoms. The molecule has 1 saturated heterocycles. The maximum Gasteiger partial charge on any atom is 0.433 e. The summed E-state index contributed by atoms with van der Waals surface area (Å²) >= 11 is 0. The zero-order chi connectivity index (χ0) is 26.1. The molecule has 0 spiro atoms. The Morgan fingerprint density at radius 1 is 1.00 bits per heavy atom. The van der Waals surface area contributed by atoms with Crippen molar-refractivity contribution >= 4 is 17.4 Å². The number of nitrogens with zero attached hydrogens (tertiary/aromatic N) is 5. The van der Waals surface area contributed by atoms with Gasteiger partial charge in [0.2, 0.25) is 5.91 Å². The molecule has 1 amide bonds. The summed E-state index contributed by atoms with van der Waals surface area (Å²) in [5.41, 5.74) is 0.798. The van der Waals surface area contributed by atoms with Crippen LogP contribution < -0.4 is 9.80 Å². The summed E-state index contributed by atoms with van der Waals surface area (Å²) in [4.78, 5) is 27.0. The van der Waals surface area contributed by atoms with Crippen molar-refractivity contribution < 1.29 is 18.0 Å². The molecule has 9 heteroatoms. The van der Waals surface area contributed by atoms with E-state index in [9.17, 15) is 18.0 Å². The molecule has 0 aliphatic carbocycles. The monoisotopic (exact) mass is 503 g/mol. The lowest BCUT2D eigenvalue weighted by molar-refractivity contribution is -0.141. The average Bonchev–Trinajstić information content (AvgIpc) is 2.84. The molecule has 196 valence electrons. The van der Waals surface area contributed by atoms with E-state index < -0.39 is 17.3 Å². The molecule has 3 heterocycles. The van der Waals surface area contributed by atoms with Crippen LogP contribution in [0, 0.1) is 0 Å². The SMILES string of the molecule is C[C@@H](CCCN1C(=O)CCc2ccccc21)N1CCN(c2cc(C(F)(F)F)nc(C(C)(C)C)n2)CC1. The average molecular weight is 504 g/mol. The molecule has 0 unspecified atom stereocenters. The Labute approximate surface area is 211 Å². The van der Waals surface area contributed by atoms with E-state index in [1.54, 1.807) is 0 Å². The fraction of sp³-hybridized carbons (Fsp3) is 0.593. The highest BCUT2D eigenvalue weighted by Gasteiger charge is 2.36. The van der Waals surface area contributed by atoms with Crippen molar-refractivity contribution in [2.75, 3.05) is 42.5 Å². The van der Waals surface area contributed by atoms with Crippen LogP contribution in [0.4, 0.5) is 24.7 Å². The molecule has 6 nitrogen and oxygen atoms in total. The lowest BCUT2D eigenvalue weighted by Crippen LogP contribution is -2.50. The first-order valence-corrected chi connectivity index (χ1v) is 12.8. The van der Waals surface area contributed by atoms with Gasteiger partial charge in [-0.3, -0.25) is 9.69 Å². The molecule has 36 heavy (non-hydrogen) atoms. The fourth-order valence-electron chi connectivity index (χ4n) is 4.94. The minimum absolute atomic E-state index is 0.188. The normalized spacial score (nSPS) is 18.4. The van der Waals surface area contributed by atoms with E-state index >= 15 is 0 Å². The van der Waals surface area contributed by atoms with E-state index in [0.29, 0.717) is 37.9 Å². The predicted octanol–water partition coefficient (Wildman–Crippen LogP) is 5.06. The molecule has 1 atom stereocenters. The Morgan fingerprint density at radius 2 is 1.69 bits per heavy atom. The second-order valence-corrected chi connectivity index (χ2v) is 10.9. The van der Waals surface area contributed by atoms with Crippen molar-refractivity contribution in [2.24, 2.45) is 0 Å². The molecule has 1 fully saturated rings. The van der Waals surface area contributed by atoms with E-state index in [-0.39, 0.29) is 11.7 Å². The summed E-state index contributed by atoms with van der Waals surface area (Å²) in [6, 6.07) is 9.51. The van der Waals surface area contributed by atoms with Gasteiger partial charge >= 0.3 is 6.18 Å². The quantitative estimate of drug-likeness (QED) is 0.552. The third-order valence-electron chi connectivity index (χ3n) is 7.13. The number of hydrogen-bond acceptors (Lipinski definition) is 5. The van der Waals surface area contributed by atoms with E-state index in [1.807, 2.05) is 48.8 Å². The van der Waals surface area contributed by atoms with Crippen molar-refractivity contribution in [3.63, 3.8) is 0 Å². The third kappa shape index (κ3) is 5.99. The second-order valence-electron chi connectivity index (χ2n) is 10.9. The number of aromatic nitrogens is 2. The number of carbonyl (C=O) groups is 1. The van der Waals surface area contributed by atoms with Crippen LogP contribution >= 0.6 is 0 Å². The first kappa shape index (κ1) is 26.4. The van der Waals surface area contributed by atoms with Crippen LogP contribution in [0.5, 0.6) is 0 Å². The maximum absolute atomic E-state index is 13.5. The smallest absolute Gasteiger partial charge is 0.354 e. The van der Waals surface area contributed by atoms with E-state index in [0.717, 1.165) is 44.1 Å². The van der Waals surface area contributed by atoms with Crippen LogP contribution in [0.15, 0.2) is 30.3 Å². The fourth-order valence-corrected chi connectivity index (χ4v) is 4.94. The molecule has 1 aromatic heterocycles. The summed E-state index contributed by atoms with van der Waals surface area (Å²) in [6.07, 6.45) is -1.29. The van der Waals surface area contributed by atoms with Crippen LogP contribution in [-0.4, -0.2) is 59.5 Å². The maximum atomic E-state index is 13.5. The van der Waals surface area contributed by atoms with Gasteiger partial charge in [0, 0.05) is 62.4 Å². The minimum Gasteiger partial charge on any atom is -0.354 e. The lowest BCUT2D eigenvalue weighted by Gasteiger charge is -2.39. The van der Waals surface area contributed by atoms with Gasteiger partial charge in [0.1, 0.15) is 17.3 Å². The number of fused-ring (bicyclic) bond motifs is 1. The Bertz CT molecular complexity index is 1040. The highest BCUT2D eigenvalue weighted by molar-refractivity contribution is 5.96. The molecule has 0 radical (unpaired) electrons. The van der Waals surface area contributed by atoms with Gasteiger partial charge in [-0.15, -0.1) is 0 Å². The summed E-state index contributed by atoms with van der Waals surface area (Å²) in [5, 5.41) is 0. The standard InChI is InChI=1S/C27H36F3N5O/c1-19(8-7-13-35-21-10-6-5-9-20(21)11-12-24(35)36)33-14-16-34(17-15-33)23-18-22(27(28,29)30)31-25(32-23)26(2,3)4/h5-6,9-10,18-19H,7-8,11-17H2,1-4H3/t19-/m0/s1. The molecule has 4 rings (SSSR count). The van der Waals surface area contributed by atoms with Crippen LogP contribution in [0.25, 0.3) is 0 Å². The summed E-state index contributed by atoms with van der Waals surface area (Å²) in [6.45, 7) is 11.1. The van der Waals surface area contributed by atoms with Crippen molar-refractivity contribution in [2.45, 2.75) is 71.0 Å². The zero-order valence-electron chi connectivity index (χ0n) is 21.6. The van der Waals surface area contributed by atoms with Gasteiger partial charge in [-0.1, -0.05) is 39.0 Å². The topological polar surface area (TPSA) is 52.6 Å². The number of hydrogen-bond donors (Lipinski definition) is 0. The van der Waals surface area contributed by atoms with E-state index in [2.05, 4.69) is 27.9 Å². The summed E-state index contributed by atoms with van der Waals surface area (Å²) in [7, 11) is 0. The minimum atomic E-state index is -4.51. The largest absolute Gasteiger partial charge is 0.433 e. The summed E-state index contributed by atoms with van der Waals surface area (Å²) in [5.74, 6) is 0.737. The molecule has 2 aliphatic rings. The van der Waals surface area contributed by atoms with Crippen LogP contribution in [0.3, 0.4) is 0 Å². The lowest BCUT2D eigenvalue weighted by atomic mass is 9.95. The number of rotatable bonds is 6. The molecule has 1 aromatic carbocycles. The first-order chi connectivity index (χ1) is 16.9. The number of carbonyl (C=O) groups excluding carboxylic acids is 1. The number of amides is 1. The molecule has 2 aromatic rings. The number of benzene rings is 1. The predicted molar refractivity (Wildman–Crippen MR) is 135 cm³/mol. The van der Waals surface area contributed by atoms with Crippen LogP contribution in [-0.2, 0) is 22.8 Å². The Hall–Kier alpha value is -2.68. The van der Waals surface area contributed by atoms with Gasteiger partial charge < -0.3 is 9.80 Å². The Kier molecular flexibility index (Phi) is 7.59. The molecular formula is C27H36F3N5O. The van der Waals surface area contributed by atoms with Crippen molar-refractivity contribution in [1.29, 1.82) is 0 Å². The van der Waals surface area contributed by atoms with Gasteiger partial charge in [0.25, 0.3) is 0 Å². The second kappa shape index (κ2) is 10.4. The molecule has 0 N–H and O–H groups in total. The van der Waals surface area contributed by atoms with Gasteiger partial charge in [-0.05, 0) is 37.8 Å². The van der Waals surface area contributed by atoms with Crippen molar-refractivity contribution in [1.82, 2.24) is 14.9 Å². The molecular weight excluding hydrogens is 467 g/mol. The highest BCUT2D eigenvalue weighted by atomic mass is 19.4.